The summed E-state index contributed by atoms with van der Waals surface area (Å²) < 4.78 is 7.10. The van der Waals surface area contributed by atoms with E-state index in [-0.39, 0.29) is 0 Å². The minimum atomic E-state index is 0.885. The van der Waals surface area contributed by atoms with Gasteiger partial charge in [0.1, 0.15) is 5.82 Å². The van der Waals surface area contributed by atoms with Gasteiger partial charge in [0.2, 0.25) is 0 Å². The molecule has 0 spiro atoms. The van der Waals surface area contributed by atoms with E-state index in [2.05, 4.69) is 208 Å². The predicted octanol–water partition coefficient (Wildman–Crippen LogP) is 12.6. The number of benzene rings is 7. The molecule has 0 N–H and O–H groups in total. The molecule has 11 rings (SSSR count). The fourth-order valence-corrected chi connectivity index (χ4v) is 8.28. The van der Waals surface area contributed by atoms with E-state index >= 15 is 0 Å². The molecule has 248 valence electrons. The van der Waals surface area contributed by atoms with Crippen molar-refractivity contribution in [2.45, 2.75) is 0 Å². The van der Waals surface area contributed by atoms with Crippen LogP contribution in [0.4, 0.5) is 0 Å². The van der Waals surface area contributed by atoms with Crippen LogP contribution in [-0.4, -0.2) is 18.7 Å². The first-order valence-corrected chi connectivity index (χ1v) is 18.1. The first-order chi connectivity index (χ1) is 26.3. The summed E-state index contributed by atoms with van der Waals surface area (Å²) in [5.41, 5.74) is 12.4. The second-order valence-electron chi connectivity index (χ2n) is 13.7. The average molecular weight is 677 g/mol. The van der Waals surface area contributed by atoms with Crippen LogP contribution in [0.1, 0.15) is 0 Å². The molecule has 0 fully saturated rings. The zero-order valence-corrected chi connectivity index (χ0v) is 28.8. The summed E-state index contributed by atoms with van der Waals surface area (Å²) in [7, 11) is 0. The van der Waals surface area contributed by atoms with Crippen LogP contribution in [0.3, 0.4) is 0 Å². The van der Waals surface area contributed by atoms with Gasteiger partial charge in [-0.05, 0) is 77.9 Å². The van der Waals surface area contributed by atoms with Crippen LogP contribution in [0, 0.1) is 0 Å². The summed E-state index contributed by atoms with van der Waals surface area (Å²) in [5, 5.41) is 5.99. The molecule has 0 bridgehead atoms. The van der Waals surface area contributed by atoms with Gasteiger partial charge in [0.05, 0.1) is 33.3 Å². The standard InChI is InChI=1S/C49H32N4/c1-5-15-33(16-6-1)35-29-43(34-17-7-2-8-18-34)50-48(30-35)53-47-31-41-38-23-13-14-24-45(38)52(37-21-11-4-12-22-37)46(41)32-42(47)39-25-26-44-40(49(39)53)27-28-51(44)36-19-9-3-10-20-36/h1-32H. The molecule has 4 heteroatoms. The Labute approximate surface area is 306 Å². The SMILES string of the molecule is c1ccc(-c2cc(-c3ccccc3)nc(-n3c4cc5c6ccccc6n(-c6ccccc6)c5cc4c4ccc5c(ccn5-c5ccccc5)c43)c2)cc1. The molecule has 0 aliphatic rings. The van der Waals surface area contributed by atoms with Gasteiger partial charge >= 0.3 is 0 Å². The number of hydrogen-bond donors (Lipinski definition) is 0. The van der Waals surface area contributed by atoms with E-state index < -0.39 is 0 Å². The van der Waals surface area contributed by atoms with E-state index in [9.17, 15) is 0 Å². The van der Waals surface area contributed by atoms with Crippen LogP contribution in [-0.2, 0) is 0 Å². The number of aromatic nitrogens is 4. The molecular weight excluding hydrogens is 645 g/mol. The monoisotopic (exact) mass is 676 g/mol. The third-order valence-electron chi connectivity index (χ3n) is 10.7. The fraction of sp³-hybridized carbons (Fsp3) is 0. The lowest BCUT2D eigenvalue weighted by atomic mass is 10.0. The Kier molecular flexibility index (Phi) is 6.52. The third kappa shape index (κ3) is 4.59. The number of hydrogen-bond acceptors (Lipinski definition) is 1. The predicted molar refractivity (Wildman–Crippen MR) is 221 cm³/mol. The highest BCUT2D eigenvalue weighted by molar-refractivity contribution is 6.23. The number of para-hydroxylation sites is 3. The maximum absolute atomic E-state index is 5.49. The Hall–Kier alpha value is -7.17. The zero-order chi connectivity index (χ0) is 34.9. The molecule has 4 aromatic heterocycles. The highest BCUT2D eigenvalue weighted by Gasteiger charge is 2.22. The van der Waals surface area contributed by atoms with E-state index in [1.807, 2.05) is 0 Å². The second kappa shape index (κ2) is 11.7. The van der Waals surface area contributed by atoms with Crippen molar-refractivity contribution in [3.63, 3.8) is 0 Å². The summed E-state index contributed by atoms with van der Waals surface area (Å²) in [6.07, 6.45) is 2.19. The van der Waals surface area contributed by atoms with Crippen LogP contribution >= 0.6 is 0 Å². The zero-order valence-electron chi connectivity index (χ0n) is 28.8. The molecule has 11 aromatic rings. The normalized spacial score (nSPS) is 11.8. The Balaban J connectivity index is 1.30. The van der Waals surface area contributed by atoms with Gasteiger partial charge in [-0.3, -0.25) is 4.57 Å². The summed E-state index contributed by atoms with van der Waals surface area (Å²) >= 11 is 0. The molecule has 7 aromatic carbocycles. The fourth-order valence-electron chi connectivity index (χ4n) is 8.28. The van der Waals surface area contributed by atoms with Gasteiger partial charge in [-0.25, -0.2) is 4.98 Å². The molecule has 0 radical (unpaired) electrons. The number of pyridine rings is 1. The molecule has 53 heavy (non-hydrogen) atoms. The molecule has 4 nitrogen and oxygen atoms in total. The molecular formula is C49H32N4. The van der Waals surface area contributed by atoms with E-state index in [0.29, 0.717) is 0 Å². The molecule has 0 saturated carbocycles. The quantitative estimate of drug-likeness (QED) is 0.178. The molecule has 0 saturated heterocycles. The maximum Gasteiger partial charge on any atom is 0.138 e. The summed E-state index contributed by atoms with van der Waals surface area (Å²) in [4.78, 5) is 5.49. The van der Waals surface area contributed by atoms with E-state index in [1.54, 1.807) is 0 Å². The minimum Gasteiger partial charge on any atom is -0.316 e. The highest BCUT2D eigenvalue weighted by Crippen LogP contribution is 2.42. The first-order valence-electron chi connectivity index (χ1n) is 18.1. The Morgan fingerprint density at radius 1 is 0.340 bits per heavy atom. The van der Waals surface area contributed by atoms with Gasteiger partial charge in [-0.1, -0.05) is 121 Å². The van der Waals surface area contributed by atoms with Crippen LogP contribution in [0.5, 0.6) is 0 Å². The van der Waals surface area contributed by atoms with Crippen molar-refractivity contribution in [3.05, 3.63) is 194 Å². The van der Waals surface area contributed by atoms with Crippen LogP contribution in [0.25, 0.3) is 94.1 Å². The Bertz CT molecular complexity index is 3080. The number of fused-ring (bicyclic) bond motifs is 8. The lowest BCUT2D eigenvalue weighted by Crippen LogP contribution is -2.00. The van der Waals surface area contributed by atoms with Crippen LogP contribution in [0.15, 0.2) is 194 Å². The van der Waals surface area contributed by atoms with Crippen molar-refractivity contribution in [1.29, 1.82) is 0 Å². The lowest BCUT2D eigenvalue weighted by Gasteiger charge is -2.14. The van der Waals surface area contributed by atoms with Crippen LogP contribution < -0.4 is 0 Å². The molecule has 0 amide bonds. The van der Waals surface area contributed by atoms with Crippen molar-refractivity contribution < 1.29 is 0 Å². The second-order valence-corrected chi connectivity index (χ2v) is 13.7. The van der Waals surface area contributed by atoms with Gasteiger partial charge in [0, 0.05) is 50.1 Å². The summed E-state index contributed by atoms with van der Waals surface area (Å²) in [6, 6.07) is 67.3. The topological polar surface area (TPSA) is 27.7 Å². The van der Waals surface area contributed by atoms with E-state index in [0.717, 1.165) is 56.1 Å². The van der Waals surface area contributed by atoms with Crippen molar-refractivity contribution in [1.82, 2.24) is 18.7 Å². The maximum atomic E-state index is 5.49. The average Bonchev–Trinajstić information content (AvgIpc) is 3.91. The first kappa shape index (κ1) is 29.5. The largest absolute Gasteiger partial charge is 0.316 e. The molecule has 0 unspecified atom stereocenters. The van der Waals surface area contributed by atoms with Gasteiger partial charge < -0.3 is 9.13 Å². The molecule has 0 aliphatic carbocycles. The van der Waals surface area contributed by atoms with Gasteiger partial charge in [-0.2, -0.15) is 0 Å². The summed E-state index contributed by atoms with van der Waals surface area (Å²) in [6.45, 7) is 0. The van der Waals surface area contributed by atoms with Crippen LogP contribution in [0.2, 0.25) is 0 Å². The van der Waals surface area contributed by atoms with Gasteiger partial charge in [-0.15, -0.1) is 0 Å². The number of rotatable bonds is 5. The summed E-state index contributed by atoms with van der Waals surface area (Å²) in [5.74, 6) is 0.885. The lowest BCUT2D eigenvalue weighted by molar-refractivity contribution is 1.09. The van der Waals surface area contributed by atoms with Crippen molar-refractivity contribution in [2.24, 2.45) is 0 Å². The highest BCUT2D eigenvalue weighted by atomic mass is 15.1. The van der Waals surface area contributed by atoms with E-state index in [1.165, 1.54) is 38.0 Å². The molecule has 0 aliphatic heterocycles. The smallest absolute Gasteiger partial charge is 0.138 e. The molecule has 4 heterocycles. The molecule has 0 atom stereocenters. The van der Waals surface area contributed by atoms with Crippen molar-refractivity contribution >= 4 is 54.5 Å². The van der Waals surface area contributed by atoms with Crippen molar-refractivity contribution in [2.75, 3.05) is 0 Å². The Morgan fingerprint density at radius 2 is 0.943 bits per heavy atom. The van der Waals surface area contributed by atoms with Gasteiger partial charge in [0.25, 0.3) is 0 Å². The van der Waals surface area contributed by atoms with Gasteiger partial charge in [0.15, 0.2) is 0 Å². The third-order valence-corrected chi connectivity index (χ3v) is 10.7. The van der Waals surface area contributed by atoms with Crippen molar-refractivity contribution in [3.8, 4) is 39.6 Å². The number of nitrogens with zero attached hydrogens (tertiary/aromatic N) is 4. The minimum absolute atomic E-state index is 0.885. The van der Waals surface area contributed by atoms with E-state index in [4.69, 9.17) is 4.98 Å². The Morgan fingerprint density at radius 3 is 1.68 bits per heavy atom.